The van der Waals surface area contributed by atoms with E-state index in [1.165, 1.54) is 11.5 Å². The molecule has 1 unspecified atom stereocenters. The quantitative estimate of drug-likeness (QED) is 0.795. The van der Waals surface area contributed by atoms with Gasteiger partial charge in [-0.25, -0.2) is 0 Å². The van der Waals surface area contributed by atoms with E-state index in [1.54, 1.807) is 0 Å². The fraction of sp³-hybridized carbons (Fsp3) is 0.300. The molecule has 1 aromatic heterocycles. The van der Waals surface area contributed by atoms with E-state index in [0.29, 0.717) is 6.42 Å². The predicted molar refractivity (Wildman–Crippen MR) is 54.9 cm³/mol. The van der Waals surface area contributed by atoms with Crippen LogP contribution in [0.25, 0.3) is 10.1 Å². The van der Waals surface area contributed by atoms with Gasteiger partial charge in [0.15, 0.2) is 0 Å². The maximum atomic E-state index is 9.66. The Labute approximate surface area is 81.0 Å². The number of nitrogens with zero attached hydrogens (tertiary/aromatic N) is 1. The molecule has 1 N–H and O–H groups in total. The molecule has 2 rings (SSSR count). The highest BCUT2D eigenvalue weighted by Gasteiger charge is 2.12. The third kappa shape index (κ3) is 1.45. The summed E-state index contributed by atoms with van der Waals surface area (Å²) >= 11 is 1.45. The predicted octanol–water partition coefficient (Wildman–Crippen LogP) is 2.74. The van der Waals surface area contributed by atoms with Gasteiger partial charge in [0.1, 0.15) is 0 Å². The zero-order valence-electron chi connectivity index (χ0n) is 7.40. The highest BCUT2D eigenvalue weighted by Crippen LogP contribution is 2.27. The smallest absolute Gasteiger partial charge is 0.0974 e. The van der Waals surface area contributed by atoms with Gasteiger partial charge >= 0.3 is 0 Å². The van der Waals surface area contributed by atoms with E-state index in [9.17, 15) is 5.11 Å². The Balaban J connectivity index is 2.57. The van der Waals surface area contributed by atoms with Crippen molar-refractivity contribution in [2.45, 2.75) is 19.4 Å². The Morgan fingerprint density at radius 3 is 3.00 bits per heavy atom. The van der Waals surface area contributed by atoms with Crippen molar-refractivity contribution in [2.24, 2.45) is 0 Å². The number of hydrogen-bond acceptors (Lipinski definition) is 3. The summed E-state index contributed by atoms with van der Waals surface area (Å²) in [5.74, 6) is 0. The molecule has 0 fully saturated rings. The van der Waals surface area contributed by atoms with Gasteiger partial charge in [0.25, 0.3) is 0 Å². The van der Waals surface area contributed by atoms with E-state index in [0.717, 1.165) is 15.8 Å². The lowest BCUT2D eigenvalue weighted by Crippen LogP contribution is -1.94. The number of aromatic nitrogens is 1. The third-order valence-corrected chi connectivity index (χ3v) is 2.95. The normalized spacial score (nSPS) is 13.4. The molecule has 0 saturated carbocycles. The van der Waals surface area contributed by atoms with Crippen LogP contribution in [-0.2, 0) is 0 Å². The molecule has 1 atom stereocenters. The Morgan fingerprint density at radius 2 is 2.23 bits per heavy atom. The van der Waals surface area contributed by atoms with Crippen molar-refractivity contribution in [3.8, 4) is 0 Å². The average Bonchev–Trinajstić information content (AvgIpc) is 2.60. The van der Waals surface area contributed by atoms with E-state index >= 15 is 0 Å². The summed E-state index contributed by atoms with van der Waals surface area (Å²) in [6.07, 6.45) is 0.296. The summed E-state index contributed by atoms with van der Waals surface area (Å²) in [4.78, 5) is 0. The van der Waals surface area contributed by atoms with Crippen molar-refractivity contribution in [1.82, 2.24) is 4.37 Å². The molecular formula is C10H11NOS. The van der Waals surface area contributed by atoms with Crippen LogP contribution in [0.4, 0.5) is 0 Å². The van der Waals surface area contributed by atoms with Crippen molar-refractivity contribution in [3.05, 3.63) is 30.0 Å². The van der Waals surface area contributed by atoms with Crippen LogP contribution < -0.4 is 0 Å². The van der Waals surface area contributed by atoms with Crippen LogP contribution in [0.3, 0.4) is 0 Å². The molecule has 0 aliphatic heterocycles. The second-order valence-corrected chi connectivity index (χ2v) is 3.79. The average molecular weight is 193 g/mol. The summed E-state index contributed by atoms with van der Waals surface area (Å²) in [6, 6.07) is 8.00. The van der Waals surface area contributed by atoms with Gasteiger partial charge in [-0.3, -0.25) is 0 Å². The molecule has 0 bridgehead atoms. The minimum absolute atomic E-state index is 0.420. The van der Waals surface area contributed by atoms with E-state index in [2.05, 4.69) is 4.37 Å². The highest BCUT2D eigenvalue weighted by atomic mass is 32.1. The number of fused-ring (bicyclic) bond motifs is 1. The van der Waals surface area contributed by atoms with Crippen molar-refractivity contribution in [3.63, 3.8) is 0 Å². The minimum Gasteiger partial charge on any atom is -0.387 e. The largest absolute Gasteiger partial charge is 0.387 e. The van der Waals surface area contributed by atoms with Crippen LogP contribution in [-0.4, -0.2) is 9.48 Å². The lowest BCUT2D eigenvalue weighted by Gasteiger charge is -2.03. The van der Waals surface area contributed by atoms with Gasteiger partial charge in [0, 0.05) is 5.39 Å². The molecule has 0 amide bonds. The minimum atomic E-state index is -0.420. The molecule has 13 heavy (non-hydrogen) atoms. The first-order chi connectivity index (χ1) is 6.33. The third-order valence-electron chi connectivity index (χ3n) is 2.11. The Kier molecular flexibility index (Phi) is 2.29. The molecule has 0 aliphatic rings. The summed E-state index contributed by atoms with van der Waals surface area (Å²) in [5, 5.41) is 10.7. The van der Waals surface area contributed by atoms with Crippen LogP contribution in [0.1, 0.15) is 25.1 Å². The first-order valence-electron chi connectivity index (χ1n) is 4.35. The van der Waals surface area contributed by atoms with E-state index < -0.39 is 6.10 Å². The lowest BCUT2D eigenvalue weighted by atomic mass is 10.1. The first-order valence-corrected chi connectivity index (χ1v) is 5.12. The van der Waals surface area contributed by atoms with Gasteiger partial charge in [-0.2, -0.15) is 4.37 Å². The SMILES string of the molecule is CCC(O)c1nsc2ccccc12. The van der Waals surface area contributed by atoms with Gasteiger partial charge in [-0.15, -0.1) is 0 Å². The second kappa shape index (κ2) is 3.44. The number of benzene rings is 1. The molecular weight excluding hydrogens is 182 g/mol. The summed E-state index contributed by atoms with van der Waals surface area (Å²) in [5.41, 5.74) is 0.822. The van der Waals surface area contributed by atoms with E-state index in [1.807, 2.05) is 31.2 Å². The van der Waals surface area contributed by atoms with Gasteiger partial charge in [0.2, 0.25) is 0 Å². The molecule has 1 aromatic carbocycles. The number of aliphatic hydroxyl groups excluding tert-OH is 1. The van der Waals surface area contributed by atoms with Gasteiger partial charge in [-0.05, 0) is 24.0 Å². The maximum Gasteiger partial charge on any atom is 0.0974 e. The highest BCUT2D eigenvalue weighted by molar-refractivity contribution is 7.13. The maximum absolute atomic E-state index is 9.66. The van der Waals surface area contributed by atoms with Crippen LogP contribution in [0.5, 0.6) is 0 Å². The van der Waals surface area contributed by atoms with Crippen LogP contribution in [0, 0.1) is 0 Å². The molecule has 0 spiro atoms. The fourth-order valence-corrected chi connectivity index (χ4v) is 2.17. The molecule has 0 radical (unpaired) electrons. The number of hydrogen-bond donors (Lipinski definition) is 1. The van der Waals surface area contributed by atoms with E-state index in [4.69, 9.17) is 0 Å². The summed E-state index contributed by atoms with van der Waals surface area (Å²) in [6.45, 7) is 1.96. The summed E-state index contributed by atoms with van der Waals surface area (Å²) in [7, 11) is 0. The zero-order valence-corrected chi connectivity index (χ0v) is 8.21. The van der Waals surface area contributed by atoms with Crippen molar-refractivity contribution < 1.29 is 5.11 Å². The van der Waals surface area contributed by atoms with Gasteiger partial charge in [0.05, 0.1) is 16.5 Å². The zero-order chi connectivity index (χ0) is 9.26. The van der Waals surface area contributed by atoms with Gasteiger partial charge in [-0.1, -0.05) is 25.1 Å². The number of rotatable bonds is 2. The molecule has 68 valence electrons. The topological polar surface area (TPSA) is 33.1 Å². The van der Waals surface area contributed by atoms with Gasteiger partial charge < -0.3 is 5.11 Å². The van der Waals surface area contributed by atoms with Crippen molar-refractivity contribution in [2.75, 3.05) is 0 Å². The summed E-state index contributed by atoms with van der Waals surface area (Å²) < 4.78 is 5.40. The standard InChI is InChI=1S/C10H11NOS/c1-2-8(12)10-7-5-3-4-6-9(7)13-11-10/h3-6,8,12H,2H2,1H3. The molecule has 1 heterocycles. The monoisotopic (exact) mass is 193 g/mol. The molecule has 2 nitrogen and oxygen atoms in total. The van der Waals surface area contributed by atoms with E-state index in [-0.39, 0.29) is 0 Å². The molecule has 0 aliphatic carbocycles. The number of aliphatic hydroxyl groups is 1. The molecule has 2 aromatic rings. The Morgan fingerprint density at radius 1 is 1.46 bits per heavy atom. The van der Waals surface area contributed by atoms with Crippen LogP contribution in [0.15, 0.2) is 24.3 Å². The fourth-order valence-electron chi connectivity index (χ4n) is 1.34. The molecule has 3 heteroatoms. The Hall–Kier alpha value is -0.930. The van der Waals surface area contributed by atoms with Crippen molar-refractivity contribution in [1.29, 1.82) is 0 Å². The second-order valence-electron chi connectivity index (χ2n) is 2.99. The molecule has 0 saturated heterocycles. The van der Waals surface area contributed by atoms with Crippen molar-refractivity contribution >= 4 is 21.6 Å². The first kappa shape index (κ1) is 8.66. The van der Waals surface area contributed by atoms with Crippen LogP contribution >= 0.6 is 11.5 Å². The van der Waals surface area contributed by atoms with Crippen LogP contribution in [0.2, 0.25) is 0 Å². The Bertz CT molecular complexity index is 410. The lowest BCUT2D eigenvalue weighted by molar-refractivity contribution is 0.171.